The lowest BCUT2D eigenvalue weighted by Gasteiger charge is -2.13. The van der Waals surface area contributed by atoms with Crippen LogP contribution < -0.4 is 10.6 Å². The fraction of sp³-hybridized carbons (Fsp3) is 0.0714. The molecule has 0 saturated carbocycles. The number of thiocarbonyl (C=S) groups is 1. The Bertz CT molecular complexity index is 683. The van der Waals surface area contributed by atoms with Gasteiger partial charge in [-0.15, -0.1) is 0 Å². The maximum atomic E-state index is 13.5. The molecule has 2 N–H and O–H groups in total. The van der Waals surface area contributed by atoms with E-state index < -0.39 is 29.1 Å². The van der Waals surface area contributed by atoms with E-state index in [1.807, 2.05) is 0 Å². The molecule has 0 fully saturated rings. The summed E-state index contributed by atoms with van der Waals surface area (Å²) in [5.74, 6) is -1.33. The van der Waals surface area contributed by atoms with Crippen LogP contribution >= 0.6 is 12.2 Å². The van der Waals surface area contributed by atoms with E-state index in [9.17, 15) is 22.0 Å². The summed E-state index contributed by atoms with van der Waals surface area (Å²) in [4.78, 5) is 0. The van der Waals surface area contributed by atoms with Gasteiger partial charge in [0, 0.05) is 5.69 Å². The third kappa shape index (κ3) is 4.14. The number of nitrogens with one attached hydrogen (secondary N) is 2. The fourth-order valence-electron chi connectivity index (χ4n) is 1.62. The molecule has 0 unspecified atom stereocenters. The van der Waals surface area contributed by atoms with E-state index in [1.54, 1.807) is 0 Å². The number of anilines is 2. The zero-order chi connectivity index (χ0) is 16.3. The van der Waals surface area contributed by atoms with Crippen LogP contribution in [0.1, 0.15) is 5.56 Å². The molecule has 2 nitrogen and oxygen atoms in total. The van der Waals surface area contributed by atoms with Gasteiger partial charge in [0.25, 0.3) is 0 Å². The molecule has 0 spiro atoms. The molecule has 2 aromatic rings. The topological polar surface area (TPSA) is 24.1 Å². The predicted molar refractivity (Wildman–Crippen MR) is 77.6 cm³/mol. The second-order valence-corrected chi connectivity index (χ2v) is 4.69. The van der Waals surface area contributed by atoms with E-state index in [1.165, 1.54) is 24.3 Å². The van der Waals surface area contributed by atoms with Crippen molar-refractivity contribution in [2.24, 2.45) is 0 Å². The summed E-state index contributed by atoms with van der Waals surface area (Å²) < 4.78 is 64.1. The Labute approximate surface area is 128 Å². The molecular weight excluding hydrogens is 323 g/mol. The Balaban J connectivity index is 2.12. The molecule has 0 aromatic heterocycles. The molecule has 0 atom stereocenters. The van der Waals surface area contributed by atoms with Gasteiger partial charge in [-0.1, -0.05) is 0 Å². The fourth-order valence-corrected chi connectivity index (χ4v) is 1.84. The average Bonchev–Trinajstić information content (AvgIpc) is 2.42. The summed E-state index contributed by atoms with van der Waals surface area (Å²) in [5.41, 5.74) is -0.998. The van der Waals surface area contributed by atoms with Gasteiger partial charge in [-0.05, 0) is 54.7 Å². The lowest BCUT2D eigenvalue weighted by atomic mass is 10.2. The number of benzene rings is 2. The summed E-state index contributed by atoms with van der Waals surface area (Å²) in [6.07, 6.45) is -4.59. The van der Waals surface area contributed by atoms with Crippen molar-refractivity contribution in [3.63, 3.8) is 0 Å². The van der Waals surface area contributed by atoms with Crippen molar-refractivity contribution >= 4 is 28.7 Å². The highest BCUT2D eigenvalue weighted by atomic mass is 32.1. The van der Waals surface area contributed by atoms with Crippen molar-refractivity contribution in [3.8, 4) is 0 Å². The summed E-state index contributed by atoms with van der Waals surface area (Å²) in [6, 6.07) is 7.07. The molecule has 0 aliphatic rings. The third-order valence-corrected chi connectivity index (χ3v) is 2.85. The monoisotopic (exact) mass is 332 g/mol. The number of halogens is 5. The number of hydrogen-bond donors (Lipinski definition) is 2. The maximum absolute atomic E-state index is 13.5. The molecule has 0 aliphatic heterocycles. The lowest BCUT2D eigenvalue weighted by molar-refractivity contribution is -0.137. The normalized spacial score (nSPS) is 11.1. The smallest absolute Gasteiger partial charge is 0.332 e. The summed E-state index contributed by atoms with van der Waals surface area (Å²) >= 11 is 4.88. The highest BCUT2D eigenvalue weighted by Crippen LogP contribution is 2.31. The molecule has 8 heteroatoms. The Kier molecular flexibility index (Phi) is 4.60. The van der Waals surface area contributed by atoms with Crippen LogP contribution in [0.25, 0.3) is 0 Å². The first kappa shape index (κ1) is 16.2. The van der Waals surface area contributed by atoms with Crippen molar-refractivity contribution in [3.05, 3.63) is 59.7 Å². The summed E-state index contributed by atoms with van der Waals surface area (Å²) in [7, 11) is 0. The Morgan fingerprint density at radius 1 is 0.909 bits per heavy atom. The van der Waals surface area contributed by atoms with Crippen LogP contribution in [0.15, 0.2) is 42.5 Å². The SMILES string of the molecule is Fc1ccc(NC(=S)Nc2cc(C(F)(F)F)ccc2F)cc1. The first-order valence-electron chi connectivity index (χ1n) is 5.96. The first-order chi connectivity index (χ1) is 10.3. The van der Waals surface area contributed by atoms with Gasteiger partial charge in [0.15, 0.2) is 5.11 Å². The Morgan fingerprint density at radius 3 is 2.14 bits per heavy atom. The zero-order valence-corrected chi connectivity index (χ0v) is 11.7. The molecule has 0 aliphatic carbocycles. The van der Waals surface area contributed by atoms with Crippen LogP contribution in [-0.2, 0) is 6.18 Å². The van der Waals surface area contributed by atoms with Gasteiger partial charge in [-0.25, -0.2) is 8.78 Å². The van der Waals surface area contributed by atoms with Gasteiger partial charge < -0.3 is 10.6 Å². The van der Waals surface area contributed by atoms with E-state index in [2.05, 4.69) is 10.6 Å². The maximum Gasteiger partial charge on any atom is 0.416 e. The average molecular weight is 332 g/mol. The van der Waals surface area contributed by atoms with Gasteiger partial charge in [-0.2, -0.15) is 13.2 Å². The number of hydrogen-bond acceptors (Lipinski definition) is 1. The highest BCUT2D eigenvalue weighted by molar-refractivity contribution is 7.80. The molecule has 2 aromatic carbocycles. The van der Waals surface area contributed by atoms with Crippen LogP contribution in [0.3, 0.4) is 0 Å². The number of alkyl halides is 3. The second-order valence-electron chi connectivity index (χ2n) is 4.28. The molecule has 0 radical (unpaired) electrons. The van der Waals surface area contributed by atoms with Gasteiger partial charge in [0.05, 0.1) is 11.3 Å². The van der Waals surface area contributed by atoms with Crippen LogP contribution in [0.5, 0.6) is 0 Å². The third-order valence-electron chi connectivity index (χ3n) is 2.64. The van der Waals surface area contributed by atoms with Gasteiger partial charge in [0.2, 0.25) is 0 Å². The van der Waals surface area contributed by atoms with Gasteiger partial charge in [0.1, 0.15) is 11.6 Å². The minimum Gasteiger partial charge on any atom is -0.332 e. The molecule has 22 heavy (non-hydrogen) atoms. The van der Waals surface area contributed by atoms with Gasteiger partial charge >= 0.3 is 6.18 Å². The molecule has 0 saturated heterocycles. The van der Waals surface area contributed by atoms with Crippen LogP contribution in [0.4, 0.5) is 33.3 Å². The number of rotatable bonds is 2. The summed E-state index contributed by atoms with van der Waals surface area (Å²) in [5, 5.41) is 4.83. The minimum atomic E-state index is -4.59. The quantitative estimate of drug-likeness (QED) is 0.611. The zero-order valence-electron chi connectivity index (χ0n) is 10.8. The van der Waals surface area contributed by atoms with Crippen molar-refractivity contribution in [2.75, 3.05) is 10.6 Å². The van der Waals surface area contributed by atoms with Crippen LogP contribution in [-0.4, -0.2) is 5.11 Å². The first-order valence-corrected chi connectivity index (χ1v) is 6.37. The van der Waals surface area contributed by atoms with Crippen molar-refractivity contribution in [1.82, 2.24) is 0 Å². The van der Waals surface area contributed by atoms with Gasteiger partial charge in [-0.3, -0.25) is 0 Å². The van der Waals surface area contributed by atoms with E-state index in [0.717, 1.165) is 0 Å². The predicted octanol–water partition coefficient (Wildman–Crippen LogP) is 4.79. The van der Waals surface area contributed by atoms with E-state index in [0.29, 0.717) is 23.9 Å². The molecule has 116 valence electrons. The Morgan fingerprint density at radius 2 is 1.55 bits per heavy atom. The molecular formula is C14H9F5N2S. The molecule has 2 rings (SSSR count). The highest BCUT2D eigenvalue weighted by Gasteiger charge is 2.31. The van der Waals surface area contributed by atoms with Crippen LogP contribution in [0.2, 0.25) is 0 Å². The molecule has 0 amide bonds. The standard InChI is InChI=1S/C14H9F5N2S/c15-9-2-4-10(5-3-9)20-13(22)21-12-7-8(14(17,18)19)1-6-11(12)16/h1-7H,(H2,20,21,22). The van der Waals surface area contributed by atoms with E-state index >= 15 is 0 Å². The Hall–Kier alpha value is -2.22. The molecule has 0 heterocycles. The largest absolute Gasteiger partial charge is 0.416 e. The minimum absolute atomic E-state index is 0.121. The van der Waals surface area contributed by atoms with Crippen molar-refractivity contribution in [1.29, 1.82) is 0 Å². The van der Waals surface area contributed by atoms with Crippen LogP contribution in [0, 0.1) is 11.6 Å². The second kappa shape index (κ2) is 6.27. The van der Waals surface area contributed by atoms with E-state index in [-0.39, 0.29) is 5.11 Å². The van der Waals surface area contributed by atoms with E-state index in [4.69, 9.17) is 12.2 Å². The molecule has 0 bridgehead atoms. The van der Waals surface area contributed by atoms with Crippen molar-refractivity contribution < 1.29 is 22.0 Å². The lowest BCUT2D eigenvalue weighted by Crippen LogP contribution is -2.20. The summed E-state index contributed by atoms with van der Waals surface area (Å²) in [6.45, 7) is 0. The van der Waals surface area contributed by atoms with Crippen molar-refractivity contribution in [2.45, 2.75) is 6.18 Å².